The lowest BCUT2D eigenvalue weighted by Crippen LogP contribution is -2.15. The van der Waals surface area contributed by atoms with Gasteiger partial charge in [0.1, 0.15) is 10.6 Å². The molecule has 0 amide bonds. The van der Waals surface area contributed by atoms with E-state index in [0.29, 0.717) is 0 Å². The number of ether oxygens (including phenoxy) is 1. The van der Waals surface area contributed by atoms with Gasteiger partial charge in [0.15, 0.2) is 9.84 Å². The van der Waals surface area contributed by atoms with Crippen molar-refractivity contribution in [2.75, 3.05) is 7.11 Å². The van der Waals surface area contributed by atoms with Crippen molar-refractivity contribution in [2.45, 2.75) is 24.0 Å². The van der Waals surface area contributed by atoms with Gasteiger partial charge in [-0.15, -0.1) is 0 Å². The van der Waals surface area contributed by atoms with Crippen LogP contribution in [0.5, 0.6) is 5.75 Å². The maximum Gasteiger partial charge on any atom is 0.335 e. The molecule has 1 rings (SSSR count). The number of rotatable bonds is 4. The van der Waals surface area contributed by atoms with E-state index in [1.807, 2.05) is 0 Å². The number of benzene rings is 1. The average molecular weight is 258 g/mol. The Balaban J connectivity index is 3.49. The minimum Gasteiger partial charge on any atom is -0.495 e. The summed E-state index contributed by atoms with van der Waals surface area (Å²) >= 11 is 0. The van der Waals surface area contributed by atoms with Crippen LogP contribution in [0.4, 0.5) is 0 Å². The molecule has 0 atom stereocenters. The highest BCUT2D eigenvalue weighted by molar-refractivity contribution is 7.92. The van der Waals surface area contributed by atoms with Gasteiger partial charge in [0, 0.05) is 0 Å². The lowest BCUT2D eigenvalue weighted by Gasteiger charge is -2.12. The molecule has 1 aromatic carbocycles. The normalized spacial score (nSPS) is 11.5. The molecule has 0 bridgehead atoms. The second-order valence-electron chi connectivity index (χ2n) is 3.76. The van der Waals surface area contributed by atoms with E-state index in [1.54, 1.807) is 0 Å². The zero-order valence-electron chi connectivity index (χ0n) is 9.80. The minimum absolute atomic E-state index is 0.0787. The first-order valence-electron chi connectivity index (χ1n) is 4.96. The summed E-state index contributed by atoms with van der Waals surface area (Å²) in [6.45, 7) is 3.06. The summed E-state index contributed by atoms with van der Waals surface area (Å²) in [4.78, 5) is 10.7. The maximum atomic E-state index is 12.0. The van der Waals surface area contributed by atoms with Crippen LogP contribution in [0.2, 0.25) is 0 Å². The molecule has 6 heteroatoms. The van der Waals surface area contributed by atoms with Gasteiger partial charge in [0.25, 0.3) is 0 Å². The molecule has 0 unspecified atom stereocenters. The van der Waals surface area contributed by atoms with E-state index >= 15 is 0 Å². The topological polar surface area (TPSA) is 80.7 Å². The second kappa shape index (κ2) is 4.75. The highest BCUT2D eigenvalue weighted by Gasteiger charge is 2.24. The molecule has 0 saturated heterocycles. The summed E-state index contributed by atoms with van der Waals surface area (Å²) in [7, 11) is -2.22. The number of methoxy groups -OCH3 is 1. The fourth-order valence-corrected chi connectivity index (χ4v) is 2.52. The van der Waals surface area contributed by atoms with Crippen molar-refractivity contribution < 1.29 is 23.1 Å². The van der Waals surface area contributed by atoms with Gasteiger partial charge in [-0.3, -0.25) is 0 Å². The number of hydrogen-bond donors (Lipinski definition) is 1. The predicted molar refractivity (Wildman–Crippen MR) is 62.3 cm³/mol. The van der Waals surface area contributed by atoms with Gasteiger partial charge >= 0.3 is 5.97 Å². The second-order valence-corrected chi connectivity index (χ2v) is 6.24. The Morgan fingerprint density at radius 1 is 1.35 bits per heavy atom. The number of hydrogen-bond acceptors (Lipinski definition) is 4. The number of sulfone groups is 1. The molecule has 0 aromatic heterocycles. The first kappa shape index (κ1) is 13.5. The van der Waals surface area contributed by atoms with Gasteiger partial charge in [0.05, 0.1) is 17.9 Å². The summed E-state index contributed by atoms with van der Waals surface area (Å²) in [6, 6.07) is 3.77. The van der Waals surface area contributed by atoms with Gasteiger partial charge in [-0.05, 0) is 32.0 Å². The van der Waals surface area contributed by atoms with E-state index in [9.17, 15) is 13.2 Å². The molecule has 1 aromatic rings. The largest absolute Gasteiger partial charge is 0.495 e. The van der Waals surface area contributed by atoms with Gasteiger partial charge in [-0.25, -0.2) is 13.2 Å². The summed E-state index contributed by atoms with van der Waals surface area (Å²) in [5, 5.41) is 8.20. The number of aromatic carboxylic acids is 1. The Morgan fingerprint density at radius 2 is 1.94 bits per heavy atom. The number of carbonyl (C=O) groups is 1. The molecular weight excluding hydrogens is 244 g/mol. The Bertz CT molecular complexity index is 531. The van der Waals surface area contributed by atoms with E-state index < -0.39 is 21.1 Å². The first-order chi connectivity index (χ1) is 7.80. The Hall–Kier alpha value is -1.56. The first-order valence-corrected chi connectivity index (χ1v) is 6.50. The molecule has 0 aliphatic heterocycles. The van der Waals surface area contributed by atoms with E-state index in [2.05, 4.69) is 0 Å². The average Bonchev–Trinajstić information content (AvgIpc) is 2.27. The van der Waals surface area contributed by atoms with Crippen molar-refractivity contribution >= 4 is 15.8 Å². The molecule has 0 aliphatic rings. The van der Waals surface area contributed by atoms with E-state index in [0.717, 1.165) is 6.07 Å². The van der Waals surface area contributed by atoms with Crippen molar-refractivity contribution in [3.8, 4) is 5.75 Å². The van der Waals surface area contributed by atoms with Crippen LogP contribution in [0.15, 0.2) is 23.1 Å². The lowest BCUT2D eigenvalue weighted by molar-refractivity contribution is 0.0696. The van der Waals surface area contributed by atoms with Gasteiger partial charge < -0.3 is 9.84 Å². The predicted octanol–water partition coefficient (Wildman–Crippen LogP) is 1.58. The van der Waals surface area contributed by atoms with Gasteiger partial charge in [0.2, 0.25) is 0 Å². The van der Waals surface area contributed by atoms with Crippen molar-refractivity contribution in [1.82, 2.24) is 0 Å². The number of carboxylic acid groups (broad SMARTS) is 1. The Labute approximate surface area is 100.0 Å². The van der Waals surface area contributed by atoms with Crippen LogP contribution in [0.25, 0.3) is 0 Å². The van der Waals surface area contributed by atoms with Gasteiger partial charge in [-0.2, -0.15) is 0 Å². The van der Waals surface area contributed by atoms with Crippen LogP contribution in [-0.2, 0) is 9.84 Å². The highest BCUT2D eigenvalue weighted by Crippen LogP contribution is 2.28. The third-order valence-corrected chi connectivity index (χ3v) is 4.51. The quantitative estimate of drug-likeness (QED) is 0.886. The van der Waals surface area contributed by atoms with Crippen molar-refractivity contribution in [3.05, 3.63) is 23.8 Å². The molecule has 0 spiro atoms. The fourth-order valence-electron chi connectivity index (χ4n) is 1.29. The highest BCUT2D eigenvalue weighted by atomic mass is 32.2. The summed E-state index contributed by atoms with van der Waals surface area (Å²) in [5.41, 5.74) is -0.0787. The molecule has 5 nitrogen and oxygen atoms in total. The van der Waals surface area contributed by atoms with Crippen LogP contribution in [0, 0.1) is 0 Å². The molecule has 0 radical (unpaired) electrons. The molecular formula is C11H14O5S. The lowest BCUT2D eigenvalue weighted by atomic mass is 10.2. The molecule has 0 aliphatic carbocycles. The molecule has 17 heavy (non-hydrogen) atoms. The molecule has 0 heterocycles. The third kappa shape index (κ3) is 2.58. The van der Waals surface area contributed by atoms with Crippen LogP contribution < -0.4 is 4.74 Å². The van der Waals surface area contributed by atoms with Crippen molar-refractivity contribution in [1.29, 1.82) is 0 Å². The summed E-state index contributed by atoms with van der Waals surface area (Å²) in [6.07, 6.45) is 0. The smallest absolute Gasteiger partial charge is 0.335 e. The van der Waals surface area contributed by atoms with E-state index in [1.165, 1.54) is 33.1 Å². The zero-order valence-corrected chi connectivity index (χ0v) is 10.6. The summed E-state index contributed by atoms with van der Waals surface area (Å²) < 4.78 is 29.0. The van der Waals surface area contributed by atoms with Crippen LogP contribution >= 0.6 is 0 Å². The van der Waals surface area contributed by atoms with Gasteiger partial charge in [-0.1, -0.05) is 0 Å². The van der Waals surface area contributed by atoms with Crippen LogP contribution in [0.3, 0.4) is 0 Å². The van der Waals surface area contributed by atoms with Crippen molar-refractivity contribution in [3.63, 3.8) is 0 Å². The van der Waals surface area contributed by atoms with Crippen LogP contribution in [0.1, 0.15) is 24.2 Å². The fraction of sp³-hybridized carbons (Fsp3) is 0.364. The third-order valence-electron chi connectivity index (χ3n) is 2.34. The molecule has 1 N–H and O–H groups in total. The SMILES string of the molecule is COc1ccc(C(=O)O)cc1S(=O)(=O)C(C)C. The molecule has 94 valence electrons. The summed E-state index contributed by atoms with van der Waals surface area (Å²) in [5.74, 6) is -1.02. The standard InChI is InChI=1S/C11H14O5S/c1-7(2)17(14,15)10-6-8(11(12)13)4-5-9(10)16-3/h4-7H,1-3H3,(H,12,13). The monoisotopic (exact) mass is 258 g/mol. The maximum absolute atomic E-state index is 12.0. The minimum atomic E-state index is -3.56. The Morgan fingerprint density at radius 3 is 2.35 bits per heavy atom. The molecule has 0 saturated carbocycles. The zero-order chi connectivity index (χ0) is 13.2. The molecule has 0 fully saturated rings. The van der Waals surface area contributed by atoms with E-state index in [4.69, 9.17) is 9.84 Å². The van der Waals surface area contributed by atoms with Crippen LogP contribution in [-0.4, -0.2) is 31.9 Å². The Kier molecular flexibility index (Phi) is 3.77. The van der Waals surface area contributed by atoms with Crippen molar-refractivity contribution in [2.24, 2.45) is 0 Å². The number of carboxylic acids is 1. The van der Waals surface area contributed by atoms with E-state index in [-0.39, 0.29) is 16.2 Å².